The molecule has 2 rings (SSSR count). The zero-order valence-corrected chi connectivity index (χ0v) is 9.96. The maximum atomic E-state index is 4.42. The molecule has 0 unspecified atom stereocenters. The summed E-state index contributed by atoms with van der Waals surface area (Å²) in [5, 5.41) is 4.42. The average Bonchev–Trinajstić information content (AvgIpc) is 2.46. The molecule has 0 fully saturated rings. The molecule has 0 amide bonds. The molecule has 3 nitrogen and oxygen atoms in total. The van der Waals surface area contributed by atoms with E-state index in [0.717, 1.165) is 19.5 Å². The lowest BCUT2D eigenvalue weighted by atomic mass is 10.1. The molecule has 1 aromatic heterocycles. The highest BCUT2D eigenvalue weighted by Gasteiger charge is 2.19. The summed E-state index contributed by atoms with van der Waals surface area (Å²) in [7, 11) is 4.20. The first kappa shape index (κ1) is 11.2. The standard InChI is InChI=1S/C9H15N3.C2H6/c1-7-8-6-11(2)5-4-9(8)12(3)10-7;1-2/h4-6H2,1-3H3;1-2H3. The van der Waals surface area contributed by atoms with Crippen molar-refractivity contribution in [2.45, 2.75) is 33.7 Å². The second-order valence-corrected chi connectivity index (χ2v) is 3.62. The van der Waals surface area contributed by atoms with E-state index >= 15 is 0 Å². The summed E-state index contributed by atoms with van der Waals surface area (Å²) in [4.78, 5) is 2.34. The van der Waals surface area contributed by atoms with Gasteiger partial charge < -0.3 is 4.90 Å². The number of aryl methyl sites for hydroxylation is 2. The Balaban J connectivity index is 0.000000461. The van der Waals surface area contributed by atoms with Crippen molar-refractivity contribution in [2.75, 3.05) is 13.6 Å². The molecule has 1 aliphatic heterocycles. The van der Waals surface area contributed by atoms with E-state index in [9.17, 15) is 0 Å². The molecule has 0 spiro atoms. The Morgan fingerprint density at radius 2 is 1.86 bits per heavy atom. The maximum Gasteiger partial charge on any atom is 0.0641 e. The Kier molecular flexibility index (Phi) is 3.69. The third-order valence-corrected chi connectivity index (χ3v) is 2.63. The Morgan fingerprint density at radius 1 is 1.21 bits per heavy atom. The number of nitrogens with zero attached hydrogens (tertiary/aromatic N) is 3. The molecule has 0 N–H and O–H groups in total. The molecule has 2 heterocycles. The van der Waals surface area contributed by atoms with E-state index in [4.69, 9.17) is 0 Å². The largest absolute Gasteiger partial charge is 0.302 e. The topological polar surface area (TPSA) is 21.1 Å². The van der Waals surface area contributed by atoms with Gasteiger partial charge in [-0.2, -0.15) is 5.10 Å². The Bertz CT molecular complexity index is 302. The summed E-state index contributed by atoms with van der Waals surface area (Å²) < 4.78 is 2.03. The predicted octanol–water partition coefficient (Wildman–Crippen LogP) is 1.74. The van der Waals surface area contributed by atoms with Crippen molar-refractivity contribution in [2.24, 2.45) is 7.05 Å². The molecule has 0 saturated heterocycles. The van der Waals surface area contributed by atoms with E-state index in [-0.39, 0.29) is 0 Å². The minimum Gasteiger partial charge on any atom is -0.302 e. The molecule has 0 atom stereocenters. The van der Waals surface area contributed by atoms with Gasteiger partial charge in [-0.1, -0.05) is 13.8 Å². The van der Waals surface area contributed by atoms with Crippen LogP contribution < -0.4 is 0 Å². The normalized spacial score (nSPS) is 15.8. The lowest BCUT2D eigenvalue weighted by molar-refractivity contribution is 0.308. The van der Waals surface area contributed by atoms with Gasteiger partial charge >= 0.3 is 0 Å². The van der Waals surface area contributed by atoms with Crippen LogP contribution in [-0.2, 0) is 20.0 Å². The van der Waals surface area contributed by atoms with Gasteiger partial charge in [-0.15, -0.1) is 0 Å². The van der Waals surface area contributed by atoms with Crippen LogP contribution in [0.2, 0.25) is 0 Å². The fourth-order valence-corrected chi connectivity index (χ4v) is 1.91. The number of likely N-dealkylation sites (N-methyl/N-ethyl adjacent to an activating group) is 1. The smallest absolute Gasteiger partial charge is 0.0641 e. The van der Waals surface area contributed by atoms with Gasteiger partial charge in [0.1, 0.15) is 0 Å². The Hall–Kier alpha value is -0.830. The highest BCUT2D eigenvalue weighted by molar-refractivity contribution is 5.27. The highest BCUT2D eigenvalue weighted by atomic mass is 15.3. The van der Waals surface area contributed by atoms with Crippen molar-refractivity contribution in [1.82, 2.24) is 14.7 Å². The van der Waals surface area contributed by atoms with E-state index < -0.39 is 0 Å². The summed E-state index contributed by atoms with van der Waals surface area (Å²) in [5.74, 6) is 0. The molecule has 0 aromatic carbocycles. The molecule has 0 saturated carbocycles. The maximum absolute atomic E-state index is 4.42. The summed E-state index contributed by atoms with van der Waals surface area (Å²) in [6.45, 7) is 8.32. The zero-order chi connectivity index (χ0) is 10.7. The second-order valence-electron chi connectivity index (χ2n) is 3.62. The van der Waals surface area contributed by atoms with E-state index in [0.29, 0.717) is 0 Å². The van der Waals surface area contributed by atoms with Gasteiger partial charge in [-0.25, -0.2) is 0 Å². The van der Waals surface area contributed by atoms with Crippen LogP contribution >= 0.6 is 0 Å². The fourth-order valence-electron chi connectivity index (χ4n) is 1.91. The SMILES string of the molecule is CC.Cc1nn(C)c2c1CN(C)CC2. The molecule has 1 aliphatic rings. The van der Waals surface area contributed by atoms with E-state index in [2.05, 4.69) is 24.0 Å². The third kappa shape index (κ3) is 1.98. The van der Waals surface area contributed by atoms with Gasteiger partial charge in [-0.05, 0) is 14.0 Å². The summed E-state index contributed by atoms with van der Waals surface area (Å²) in [6.07, 6.45) is 1.14. The van der Waals surface area contributed by atoms with Crippen molar-refractivity contribution in [3.05, 3.63) is 17.0 Å². The number of hydrogen-bond donors (Lipinski definition) is 0. The van der Waals surface area contributed by atoms with Crippen LogP contribution in [0.4, 0.5) is 0 Å². The first-order valence-corrected chi connectivity index (χ1v) is 5.38. The molecule has 0 radical (unpaired) electrons. The molecule has 80 valence electrons. The van der Waals surface area contributed by atoms with Crippen LogP contribution in [-0.4, -0.2) is 28.3 Å². The minimum atomic E-state index is 1.06. The van der Waals surface area contributed by atoms with Gasteiger partial charge in [0, 0.05) is 37.8 Å². The van der Waals surface area contributed by atoms with Gasteiger partial charge in [0.15, 0.2) is 0 Å². The summed E-state index contributed by atoms with van der Waals surface area (Å²) in [5.41, 5.74) is 4.05. The fraction of sp³-hybridized carbons (Fsp3) is 0.727. The number of fused-ring (bicyclic) bond motifs is 1. The van der Waals surface area contributed by atoms with Gasteiger partial charge in [-0.3, -0.25) is 4.68 Å². The molecular formula is C11H21N3. The van der Waals surface area contributed by atoms with Gasteiger partial charge in [0.25, 0.3) is 0 Å². The highest BCUT2D eigenvalue weighted by Crippen LogP contribution is 2.19. The lowest BCUT2D eigenvalue weighted by Crippen LogP contribution is -2.27. The van der Waals surface area contributed by atoms with Crippen molar-refractivity contribution in [1.29, 1.82) is 0 Å². The second kappa shape index (κ2) is 4.60. The quantitative estimate of drug-likeness (QED) is 0.629. The number of hydrogen-bond acceptors (Lipinski definition) is 2. The zero-order valence-electron chi connectivity index (χ0n) is 9.96. The minimum absolute atomic E-state index is 1.06. The van der Waals surface area contributed by atoms with Crippen LogP contribution in [0.3, 0.4) is 0 Å². The Labute approximate surface area is 86.7 Å². The van der Waals surface area contributed by atoms with Gasteiger partial charge in [0.2, 0.25) is 0 Å². The molecular weight excluding hydrogens is 174 g/mol. The van der Waals surface area contributed by atoms with Crippen molar-refractivity contribution >= 4 is 0 Å². The molecule has 14 heavy (non-hydrogen) atoms. The van der Waals surface area contributed by atoms with Crippen LogP contribution in [0.1, 0.15) is 30.8 Å². The summed E-state index contributed by atoms with van der Waals surface area (Å²) >= 11 is 0. The average molecular weight is 195 g/mol. The first-order chi connectivity index (χ1) is 6.68. The van der Waals surface area contributed by atoms with Crippen molar-refractivity contribution < 1.29 is 0 Å². The van der Waals surface area contributed by atoms with E-state index in [1.54, 1.807) is 0 Å². The van der Waals surface area contributed by atoms with Crippen LogP contribution in [0.5, 0.6) is 0 Å². The Morgan fingerprint density at radius 3 is 2.50 bits per heavy atom. The first-order valence-electron chi connectivity index (χ1n) is 5.38. The third-order valence-electron chi connectivity index (χ3n) is 2.63. The molecule has 0 aliphatic carbocycles. The van der Waals surface area contributed by atoms with E-state index in [1.807, 2.05) is 25.6 Å². The molecule has 3 heteroatoms. The predicted molar refractivity (Wildman–Crippen MR) is 59.3 cm³/mol. The van der Waals surface area contributed by atoms with Crippen molar-refractivity contribution in [3.63, 3.8) is 0 Å². The van der Waals surface area contributed by atoms with Crippen LogP contribution in [0.25, 0.3) is 0 Å². The summed E-state index contributed by atoms with van der Waals surface area (Å²) in [6, 6.07) is 0. The van der Waals surface area contributed by atoms with E-state index in [1.165, 1.54) is 17.0 Å². The van der Waals surface area contributed by atoms with Crippen molar-refractivity contribution in [3.8, 4) is 0 Å². The van der Waals surface area contributed by atoms with Gasteiger partial charge in [0.05, 0.1) is 5.69 Å². The number of aromatic nitrogens is 2. The number of rotatable bonds is 0. The monoisotopic (exact) mass is 195 g/mol. The molecule has 0 bridgehead atoms. The van der Waals surface area contributed by atoms with Crippen LogP contribution in [0.15, 0.2) is 0 Å². The lowest BCUT2D eigenvalue weighted by Gasteiger charge is -2.22. The molecule has 1 aromatic rings. The van der Waals surface area contributed by atoms with Crippen LogP contribution in [0, 0.1) is 6.92 Å².